The molecule has 0 spiro atoms. The number of rotatable bonds is 3. The van der Waals surface area contributed by atoms with Crippen molar-refractivity contribution in [1.82, 2.24) is 25.1 Å². The van der Waals surface area contributed by atoms with Gasteiger partial charge in [-0.25, -0.2) is 4.39 Å². The van der Waals surface area contributed by atoms with E-state index in [1.807, 2.05) is 13.8 Å². The number of halogens is 1. The van der Waals surface area contributed by atoms with Crippen molar-refractivity contribution in [1.29, 1.82) is 0 Å². The molecule has 0 aliphatic carbocycles. The predicted octanol–water partition coefficient (Wildman–Crippen LogP) is 2.19. The SMILES string of the molecule is Cc1[nH]c2ccc(F)cc2c1CC(=O)N[C@@H]1CCc2nnc(C)n2C1. The van der Waals surface area contributed by atoms with Crippen LogP contribution in [0.15, 0.2) is 18.2 Å². The highest BCUT2D eigenvalue weighted by Gasteiger charge is 2.23. The summed E-state index contributed by atoms with van der Waals surface area (Å²) in [5.74, 6) is 1.51. The highest BCUT2D eigenvalue weighted by molar-refractivity contribution is 5.90. The molecule has 0 fully saturated rings. The van der Waals surface area contributed by atoms with E-state index in [1.165, 1.54) is 12.1 Å². The van der Waals surface area contributed by atoms with Crippen molar-refractivity contribution >= 4 is 16.8 Å². The van der Waals surface area contributed by atoms with Crippen molar-refractivity contribution < 1.29 is 9.18 Å². The van der Waals surface area contributed by atoms with E-state index in [-0.39, 0.29) is 24.2 Å². The first-order valence-corrected chi connectivity index (χ1v) is 8.46. The number of carbonyl (C=O) groups is 1. The van der Waals surface area contributed by atoms with Gasteiger partial charge in [0.05, 0.1) is 6.42 Å². The molecule has 0 saturated heterocycles. The number of hydrogen-bond acceptors (Lipinski definition) is 3. The molecule has 0 bridgehead atoms. The summed E-state index contributed by atoms with van der Waals surface area (Å²) in [7, 11) is 0. The number of nitrogens with one attached hydrogen (secondary N) is 2. The van der Waals surface area contributed by atoms with Crippen molar-refractivity contribution in [3.63, 3.8) is 0 Å². The molecule has 4 rings (SSSR count). The van der Waals surface area contributed by atoms with Crippen LogP contribution in [0.5, 0.6) is 0 Å². The van der Waals surface area contributed by atoms with Gasteiger partial charge in [-0.3, -0.25) is 4.79 Å². The Morgan fingerprint density at radius 2 is 2.24 bits per heavy atom. The Morgan fingerprint density at radius 3 is 3.08 bits per heavy atom. The first-order chi connectivity index (χ1) is 12.0. The van der Waals surface area contributed by atoms with Crippen LogP contribution in [-0.4, -0.2) is 31.7 Å². The number of aryl methyl sites for hydroxylation is 3. The molecule has 1 aliphatic rings. The van der Waals surface area contributed by atoms with Gasteiger partial charge in [0.25, 0.3) is 0 Å². The van der Waals surface area contributed by atoms with Gasteiger partial charge in [0, 0.05) is 35.6 Å². The van der Waals surface area contributed by atoms with Gasteiger partial charge in [0.15, 0.2) is 0 Å². The van der Waals surface area contributed by atoms with Gasteiger partial charge >= 0.3 is 0 Å². The topological polar surface area (TPSA) is 75.6 Å². The molecule has 6 nitrogen and oxygen atoms in total. The second-order valence-corrected chi connectivity index (χ2v) is 6.67. The minimum Gasteiger partial charge on any atom is -0.358 e. The fraction of sp³-hybridized carbons (Fsp3) is 0.389. The quantitative estimate of drug-likeness (QED) is 0.767. The molecule has 3 heterocycles. The Bertz CT molecular complexity index is 958. The van der Waals surface area contributed by atoms with Gasteiger partial charge in [-0.2, -0.15) is 0 Å². The predicted molar refractivity (Wildman–Crippen MR) is 91.7 cm³/mol. The summed E-state index contributed by atoms with van der Waals surface area (Å²) in [6.07, 6.45) is 1.90. The summed E-state index contributed by atoms with van der Waals surface area (Å²) in [5, 5.41) is 12.1. The molecular formula is C18H20FN5O. The molecule has 25 heavy (non-hydrogen) atoms. The molecular weight excluding hydrogens is 321 g/mol. The van der Waals surface area contributed by atoms with Crippen molar-refractivity contribution in [2.24, 2.45) is 0 Å². The number of hydrogen-bond donors (Lipinski definition) is 2. The maximum atomic E-state index is 13.6. The zero-order valence-electron chi connectivity index (χ0n) is 14.3. The van der Waals surface area contributed by atoms with Crippen LogP contribution in [0.3, 0.4) is 0 Å². The zero-order valence-corrected chi connectivity index (χ0v) is 14.3. The molecule has 1 aromatic carbocycles. The monoisotopic (exact) mass is 341 g/mol. The molecule has 2 aromatic heterocycles. The van der Waals surface area contributed by atoms with Gasteiger partial charge in [0.2, 0.25) is 5.91 Å². The summed E-state index contributed by atoms with van der Waals surface area (Å²) in [6.45, 7) is 4.53. The average Bonchev–Trinajstić information content (AvgIpc) is 3.09. The zero-order chi connectivity index (χ0) is 17.6. The first-order valence-electron chi connectivity index (χ1n) is 8.46. The highest BCUT2D eigenvalue weighted by Crippen LogP contribution is 2.24. The number of aromatic nitrogens is 4. The minimum atomic E-state index is -0.295. The Hall–Kier alpha value is -2.70. The third-order valence-corrected chi connectivity index (χ3v) is 4.92. The molecule has 0 radical (unpaired) electrons. The second kappa shape index (κ2) is 5.98. The lowest BCUT2D eigenvalue weighted by Crippen LogP contribution is -2.41. The summed E-state index contributed by atoms with van der Waals surface area (Å²) in [4.78, 5) is 15.7. The van der Waals surface area contributed by atoms with Crippen molar-refractivity contribution in [2.45, 2.75) is 45.7 Å². The third-order valence-electron chi connectivity index (χ3n) is 4.92. The lowest BCUT2D eigenvalue weighted by molar-refractivity contribution is -0.121. The van der Waals surface area contributed by atoms with E-state index in [0.29, 0.717) is 6.54 Å². The summed E-state index contributed by atoms with van der Waals surface area (Å²) >= 11 is 0. The summed E-state index contributed by atoms with van der Waals surface area (Å²) < 4.78 is 15.6. The summed E-state index contributed by atoms with van der Waals surface area (Å²) in [6, 6.07) is 4.67. The van der Waals surface area contributed by atoms with Crippen LogP contribution < -0.4 is 5.32 Å². The molecule has 3 aromatic rings. The first kappa shape index (κ1) is 15.8. The fourth-order valence-electron chi connectivity index (χ4n) is 3.60. The van der Waals surface area contributed by atoms with E-state index in [2.05, 4.69) is 25.1 Å². The smallest absolute Gasteiger partial charge is 0.224 e. The third kappa shape index (κ3) is 2.90. The van der Waals surface area contributed by atoms with Crippen molar-refractivity contribution in [3.05, 3.63) is 46.9 Å². The number of benzene rings is 1. The molecule has 0 unspecified atom stereocenters. The van der Waals surface area contributed by atoms with Gasteiger partial charge < -0.3 is 14.9 Å². The van der Waals surface area contributed by atoms with Gasteiger partial charge in [-0.1, -0.05) is 0 Å². The Morgan fingerprint density at radius 1 is 1.40 bits per heavy atom. The lowest BCUT2D eigenvalue weighted by atomic mass is 10.0. The minimum absolute atomic E-state index is 0.0487. The Balaban J connectivity index is 1.49. The van der Waals surface area contributed by atoms with Crippen molar-refractivity contribution in [3.8, 4) is 0 Å². The van der Waals surface area contributed by atoms with Crippen LogP contribution in [0, 0.1) is 19.7 Å². The number of fused-ring (bicyclic) bond motifs is 2. The maximum Gasteiger partial charge on any atom is 0.224 e. The standard InChI is InChI=1S/C18H20FN5O/c1-10-14(15-7-12(19)3-5-16(15)20-10)8-18(25)21-13-4-6-17-23-22-11(2)24(17)9-13/h3,5,7,13,20H,4,6,8-9H2,1-2H3,(H,21,25)/t13-/m1/s1. The molecule has 1 atom stereocenters. The number of H-pyrrole nitrogens is 1. The van der Waals surface area contributed by atoms with E-state index in [1.54, 1.807) is 6.07 Å². The molecule has 1 amide bonds. The van der Waals surface area contributed by atoms with E-state index >= 15 is 0 Å². The van der Waals surface area contributed by atoms with E-state index in [9.17, 15) is 9.18 Å². The van der Waals surface area contributed by atoms with Crippen LogP contribution in [0.2, 0.25) is 0 Å². The molecule has 1 aliphatic heterocycles. The number of nitrogens with zero attached hydrogens (tertiary/aromatic N) is 3. The van der Waals surface area contributed by atoms with Gasteiger partial charge in [-0.05, 0) is 44.0 Å². The number of amides is 1. The molecule has 2 N–H and O–H groups in total. The molecule has 7 heteroatoms. The van der Waals surface area contributed by atoms with Crippen LogP contribution in [0.25, 0.3) is 10.9 Å². The lowest BCUT2D eigenvalue weighted by Gasteiger charge is -2.25. The average molecular weight is 341 g/mol. The van der Waals surface area contributed by atoms with Gasteiger partial charge in [0.1, 0.15) is 17.5 Å². The fourth-order valence-corrected chi connectivity index (χ4v) is 3.60. The largest absolute Gasteiger partial charge is 0.358 e. The van der Waals surface area contributed by atoms with Crippen LogP contribution in [0.1, 0.15) is 29.3 Å². The van der Waals surface area contributed by atoms with Crippen LogP contribution in [-0.2, 0) is 24.2 Å². The van der Waals surface area contributed by atoms with E-state index in [4.69, 9.17) is 0 Å². The van der Waals surface area contributed by atoms with Crippen molar-refractivity contribution in [2.75, 3.05) is 0 Å². The van der Waals surface area contributed by atoms with Crippen LogP contribution >= 0.6 is 0 Å². The maximum absolute atomic E-state index is 13.6. The highest BCUT2D eigenvalue weighted by atomic mass is 19.1. The number of aromatic amines is 1. The molecule has 130 valence electrons. The van der Waals surface area contributed by atoms with Gasteiger partial charge in [-0.15, -0.1) is 10.2 Å². The number of carbonyl (C=O) groups excluding carboxylic acids is 1. The Kier molecular flexibility index (Phi) is 3.78. The second-order valence-electron chi connectivity index (χ2n) is 6.67. The van der Waals surface area contributed by atoms with Crippen LogP contribution in [0.4, 0.5) is 4.39 Å². The molecule has 0 saturated carbocycles. The Labute approximate surface area is 144 Å². The van der Waals surface area contributed by atoms with E-state index < -0.39 is 0 Å². The normalized spacial score (nSPS) is 16.8. The van der Waals surface area contributed by atoms with E-state index in [0.717, 1.165) is 46.7 Å². The summed E-state index contributed by atoms with van der Waals surface area (Å²) in [5.41, 5.74) is 2.60.